The summed E-state index contributed by atoms with van der Waals surface area (Å²) in [5.74, 6) is 0.345. The Hall–Kier alpha value is -4.45. The first-order valence-corrected chi connectivity index (χ1v) is 10.9. The Morgan fingerprint density at radius 1 is 1.00 bits per heavy atom. The zero-order valence-corrected chi connectivity index (χ0v) is 19.1. The molecule has 170 valence electrons. The zero-order chi connectivity index (χ0) is 23.9. The third-order valence-corrected chi connectivity index (χ3v) is 5.22. The molecule has 0 fully saturated rings. The summed E-state index contributed by atoms with van der Waals surface area (Å²) < 4.78 is 7.41. The molecule has 6 heteroatoms. The molecule has 0 aliphatic carbocycles. The summed E-state index contributed by atoms with van der Waals surface area (Å²) in [5.41, 5.74) is 4.56. The minimum atomic E-state index is -0.188. The first-order chi connectivity index (χ1) is 16.5. The number of hydrogen-bond donors (Lipinski definition) is 1. The van der Waals surface area contributed by atoms with Crippen LogP contribution in [0.5, 0.6) is 5.75 Å². The minimum absolute atomic E-state index is 0.172. The highest BCUT2D eigenvalue weighted by atomic mass is 16.5. The van der Waals surface area contributed by atoms with Crippen molar-refractivity contribution >= 4 is 23.5 Å². The number of methoxy groups -OCH3 is 1. The van der Waals surface area contributed by atoms with Gasteiger partial charge in [0, 0.05) is 35.5 Å². The second-order valence-corrected chi connectivity index (χ2v) is 7.78. The predicted molar refractivity (Wildman–Crippen MR) is 134 cm³/mol. The summed E-state index contributed by atoms with van der Waals surface area (Å²) in [6, 6.07) is 24.6. The standard InChI is InChI=1S/C28H25N3O3/c1-20(32)29-24-12-8-11-22(17-24)26(33)16-15-23-19-31(18-21-9-4-3-5-10-21)30-28(23)25-13-6-7-14-27(25)34-2/h3-17,19H,18H2,1-2H3,(H,29,32)/b16-15-. The maximum absolute atomic E-state index is 12.9. The number of amides is 1. The molecule has 1 N–H and O–H groups in total. The van der Waals surface area contributed by atoms with E-state index >= 15 is 0 Å². The van der Waals surface area contributed by atoms with Crippen LogP contribution in [0, 0.1) is 0 Å². The van der Waals surface area contributed by atoms with Crippen molar-refractivity contribution in [1.29, 1.82) is 0 Å². The number of nitrogens with zero attached hydrogens (tertiary/aromatic N) is 2. The van der Waals surface area contributed by atoms with Gasteiger partial charge in [-0.15, -0.1) is 0 Å². The number of para-hydroxylation sites is 1. The molecule has 0 saturated carbocycles. The van der Waals surface area contributed by atoms with Crippen LogP contribution in [0.3, 0.4) is 0 Å². The van der Waals surface area contributed by atoms with E-state index in [9.17, 15) is 9.59 Å². The number of carbonyl (C=O) groups is 2. The van der Waals surface area contributed by atoms with Crippen molar-refractivity contribution in [3.63, 3.8) is 0 Å². The number of aromatic nitrogens is 2. The summed E-state index contributed by atoms with van der Waals surface area (Å²) in [6.45, 7) is 2.03. The zero-order valence-electron chi connectivity index (χ0n) is 19.1. The fraction of sp³-hybridized carbons (Fsp3) is 0.107. The van der Waals surface area contributed by atoms with Crippen LogP contribution >= 0.6 is 0 Å². The van der Waals surface area contributed by atoms with E-state index < -0.39 is 0 Å². The van der Waals surface area contributed by atoms with Gasteiger partial charge in [0.25, 0.3) is 0 Å². The molecule has 3 aromatic carbocycles. The average Bonchev–Trinajstić information content (AvgIpc) is 3.25. The average molecular weight is 452 g/mol. The van der Waals surface area contributed by atoms with Gasteiger partial charge < -0.3 is 10.1 Å². The Bertz CT molecular complexity index is 1340. The molecule has 0 spiro atoms. The SMILES string of the molecule is COc1ccccc1-c1nn(Cc2ccccc2)cc1/C=C\C(=O)c1cccc(NC(C)=O)c1. The van der Waals surface area contributed by atoms with E-state index in [0.717, 1.165) is 22.4 Å². The lowest BCUT2D eigenvalue weighted by molar-refractivity contribution is -0.114. The van der Waals surface area contributed by atoms with Gasteiger partial charge in [-0.2, -0.15) is 5.10 Å². The van der Waals surface area contributed by atoms with Gasteiger partial charge in [0.05, 0.1) is 13.7 Å². The van der Waals surface area contributed by atoms with Crippen LogP contribution in [0.4, 0.5) is 5.69 Å². The van der Waals surface area contributed by atoms with Crippen molar-refractivity contribution in [3.8, 4) is 17.0 Å². The number of rotatable bonds is 8. The summed E-state index contributed by atoms with van der Waals surface area (Å²) in [7, 11) is 1.63. The molecule has 0 aliphatic rings. The highest BCUT2D eigenvalue weighted by Gasteiger charge is 2.14. The number of ether oxygens (including phenoxy) is 1. The minimum Gasteiger partial charge on any atom is -0.496 e. The van der Waals surface area contributed by atoms with Gasteiger partial charge in [-0.1, -0.05) is 54.6 Å². The van der Waals surface area contributed by atoms with E-state index in [4.69, 9.17) is 9.84 Å². The molecular weight excluding hydrogens is 426 g/mol. The quantitative estimate of drug-likeness (QED) is 0.285. The van der Waals surface area contributed by atoms with Crippen LogP contribution in [0.2, 0.25) is 0 Å². The molecule has 0 unspecified atom stereocenters. The molecule has 4 aromatic rings. The van der Waals surface area contributed by atoms with Crippen molar-refractivity contribution < 1.29 is 14.3 Å². The van der Waals surface area contributed by atoms with Gasteiger partial charge in [0.1, 0.15) is 11.4 Å². The molecular formula is C28H25N3O3. The van der Waals surface area contributed by atoms with Crippen molar-refractivity contribution in [2.24, 2.45) is 0 Å². The fourth-order valence-electron chi connectivity index (χ4n) is 3.68. The number of ketones is 1. The Morgan fingerprint density at radius 3 is 2.53 bits per heavy atom. The van der Waals surface area contributed by atoms with Crippen LogP contribution in [0.1, 0.15) is 28.4 Å². The first kappa shape index (κ1) is 22.7. The second kappa shape index (κ2) is 10.4. The molecule has 1 heterocycles. The van der Waals surface area contributed by atoms with Gasteiger partial charge in [-0.05, 0) is 42.0 Å². The van der Waals surface area contributed by atoms with E-state index in [-0.39, 0.29) is 11.7 Å². The molecule has 0 atom stereocenters. The summed E-state index contributed by atoms with van der Waals surface area (Å²) in [5, 5.41) is 7.51. The lowest BCUT2D eigenvalue weighted by Crippen LogP contribution is -2.06. The van der Waals surface area contributed by atoms with Gasteiger partial charge >= 0.3 is 0 Å². The molecule has 0 bridgehead atoms. The van der Waals surface area contributed by atoms with Crippen molar-refractivity contribution in [3.05, 3.63) is 108 Å². The predicted octanol–water partition coefficient (Wildman–Crippen LogP) is 5.46. The normalized spacial score (nSPS) is 10.9. The maximum atomic E-state index is 12.9. The van der Waals surface area contributed by atoms with Crippen LogP contribution in [-0.2, 0) is 11.3 Å². The van der Waals surface area contributed by atoms with Gasteiger partial charge in [0.15, 0.2) is 5.78 Å². The largest absolute Gasteiger partial charge is 0.496 e. The summed E-state index contributed by atoms with van der Waals surface area (Å²) in [4.78, 5) is 24.2. The highest BCUT2D eigenvalue weighted by Crippen LogP contribution is 2.32. The number of benzene rings is 3. The summed E-state index contributed by atoms with van der Waals surface area (Å²) >= 11 is 0. The number of carbonyl (C=O) groups excluding carboxylic acids is 2. The van der Waals surface area contributed by atoms with Crippen LogP contribution < -0.4 is 10.1 Å². The van der Waals surface area contributed by atoms with Gasteiger partial charge in [-0.25, -0.2) is 0 Å². The second-order valence-electron chi connectivity index (χ2n) is 7.78. The van der Waals surface area contributed by atoms with E-state index in [1.807, 2.05) is 65.5 Å². The van der Waals surface area contributed by atoms with Crippen molar-refractivity contribution in [2.75, 3.05) is 12.4 Å². The molecule has 1 aromatic heterocycles. The molecule has 6 nitrogen and oxygen atoms in total. The number of hydrogen-bond acceptors (Lipinski definition) is 4. The Kier molecular flexibility index (Phi) is 6.98. The first-order valence-electron chi connectivity index (χ1n) is 10.9. The van der Waals surface area contributed by atoms with Gasteiger partial charge in [-0.3, -0.25) is 14.3 Å². The Morgan fingerprint density at radius 2 is 1.76 bits per heavy atom. The van der Waals surface area contributed by atoms with Crippen LogP contribution in [0.25, 0.3) is 17.3 Å². The number of anilines is 1. The number of nitrogens with one attached hydrogen (secondary N) is 1. The fourth-order valence-corrected chi connectivity index (χ4v) is 3.68. The van der Waals surface area contributed by atoms with Crippen molar-refractivity contribution in [2.45, 2.75) is 13.5 Å². The molecule has 0 aliphatic heterocycles. The Balaban J connectivity index is 1.67. The van der Waals surface area contributed by atoms with Crippen LogP contribution in [-0.4, -0.2) is 28.6 Å². The maximum Gasteiger partial charge on any atom is 0.221 e. The molecule has 0 radical (unpaired) electrons. The Labute approximate surface area is 198 Å². The van der Waals surface area contributed by atoms with Gasteiger partial charge in [0.2, 0.25) is 5.91 Å². The van der Waals surface area contributed by atoms with E-state index in [0.29, 0.717) is 23.5 Å². The molecule has 1 amide bonds. The lowest BCUT2D eigenvalue weighted by atomic mass is 10.0. The molecule has 4 rings (SSSR count). The monoisotopic (exact) mass is 451 g/mol. The van der Waals surface area contributed by atoms with Crippen molar-refractivity contribution in [1.82, 2.24) is 9.78 Å². The van der Waals surface area contributed by atoms with E-state index in [1.165, 1.54) is 13.0 Å². The van der Waals surface area contributed by atoms with Crippen LogP contribution in [0.15, 0.2) is 91.1 Å². The molecule has 34 heavy (non-hydrogen) atoms. The third kappa shape index (κ3) is 5.48. The molecule has 0 saturated heterocycles. The highest BCUT2D eigenvalue weighted by molar-refractivity contribution is 6.08. The van der Waals surface area contributed by atoms with E-state index in [2.05, 4.69) is 5.32 Å². The topological polar surface area (TPSA) is 73.2 Å². The summed E-state index contributed by atoms with van der Waals surface area (Å²) in [6.07, 6.45) is 5.21. The number of allylic oxidation sites excluding steroid dienone is 1. The smallest absolute Gasteiger partial charge is 0.221 e. The lowest BCUT2D eigenvalue weighted by Gasteiger charge is -2.07. The van der Waals surface area contributed by atoms with E-state index in [1.54, 1.807) is 37.5 Å². The third-order valence-electron chi connectivity index (χ3n) is 5.22.